The van der Waals surface area contributed by atoms with Crippen molar-refractivity contribution in [3.05, 3.63) is 108 Å². The Hall–Kier alpha value is -2.87. The van der Waals surface area contributed by atoms with Crippen LogP contribution >= 0.6 is 0 Å². The third-order valence-corrected chi connectivity index (χ3v) is 6.65. The average molecular weight is 472 g/mol. The molecule has 1 N–H and O–H groups in total. The van der Waals surface area contributed by atoms with Gasteiger partial charge in [-0.1, -0.05) is 54.6 Å². The summed E-state index contributed by atoms with van der Waals surface area (Å²) in [6.07, 6.45) is 0.272. The molecule has 174 valence electrons. The normalized spacial score (nSPS) is 12.5. The van der Waals surface area contributed by atoms with Crippen molar-refractivity contribution in [2.24, 2.45) is 5.92 Å². The van der Waals surface area contributed by atoms with Gasteiger partial charge in [0.05, 0.1) is 18.1 Å². The Kier molecular flexibility index (Phi) is 8.49. The highest BCUT2D eigenvalue weighted by Gasteiger charge is 2.19. The van der Waals surface area contributed by atoms with Crippen molar-refractivity contribution in [3.63, 3.8) is 0 Å². The highest BCUT2D eigenvalue weighted by molar-refractivity contribution is 7.89. The summed E-state index contributed by atoms with van der Waals surface area (Å²) in [5.74, 6) is -1.69. The second kappa shape index (κ2) is 11.3. The number of sulfonamides is 1. The van der Waals surface area contributed by atoms with Gasteiger partial charge in [0.1, 0.15) is 11.6 Å². The Morgan fingerprint density at radius 1 is 1.03 bits per heavy atom. The number of nitrogens with one attached hydrogen (secondary N) is 1. The van der Waals surface area contributed by atoms with E-state index < -0.39 is 21.7 Å². The molecule has 1 unspecified atom stereocenters. The summed E-state index contributed by atoms with van der Waals surface area (Å²) in [5, 5.41) is 0. The number of rotatable bonds is 11. The predicted molar refractivity (Wildman–Crippen MR) is 126 cm³/mol. The molecule has 0 radical (unpaired) electrons. The Balaban J connectivity index is 1.69. The zero-order valence-electron chi connectivity index (χ0n) is 18.4. The summed E-state index contributed by atoms with van der Waals surface area (Å²) < 4.78 is 61.4. The molecule has 0 aliphatic carbocycles. The number of halogens is 2. The lowest BCUT2D eigenvalue weighted by Crippen LogP contribution is -2.31. The van der Waals surface area contributed by atoms with Crippen LogP contribution in [-0.4, -0.2) is 21.6 Å². The zero-order chi connectivity index (χ0) is 23.8. The molecule has 3 rings (SSSR count). The van der Waals surface area contributed by atoms with E-state index >= 15 is 0 Å². The third kappa shape index (κ3) is 7.32. The first-order chi connectivity index (χ1) is 15.7. The van der Waals surface area contributed by atoms with Crippen molar-refractivity contribution in [1.29, 1.82) is 0 Å². The molecule has 0 aromatic heterocycles. The van der Waals surface area contributed by atoms with Gasteiger partial charge in [-0.2, -0.15) is 0 Å². The van der Waals surface area contributed by atoms with E-state index in [-0.39, 0.29) is 35.9 Å². The van der Waals surface area contributed by atoms with E-state index in [4.69, 9.17) is 4.74 Å². The van der Waals surface area contributed by atoms with Gasteiger partial charge in [0, 0.05) is 18.2 Å². The highest BCUT2D eigenvalue weighted by Crippen LogP contribution is 2.25. The maximum atomic E-state index is 14.2. The second-order valence-corrected chi connectivity index (χ2v) is 9.73. The van der Waals surface area contributed by atoms with Gasteiger partial charge in [0.2, 0.25) is 10.0 Å². The van der Waals surface area contributed by atoms with Crippen LogP contribution < -0.4 is 4.72 Å². The molecule has 0 heterocycles. The minimum atomic E-state index is -3.72. The fourth-order valence-electron chi connectivity index (χ4n) is 3.37. The van der Waals surface area contributed by atoms with Gasteiger partial charge in [-0.05, 0) is 54.7 Å². The van der Waals surface area contributed by atoms with Crippen molar-refractivity contribution in [1.82, 2.24) is 4.72 Å². The van der Waals surface area contributed by atoms with Crippen molar-refractivity contribution < 1.29 is 21.9 Å². The third-order valence-electron chi connectivity index (χ3n) is 5.21. The SMILES string of the molecule is C=C(CC(CNS(=O)(=O)c1ccc(C)cc1)COCc1ccccc1)c1ccc(F)cc1F. The first-order valence-electron chi connectivity index (χ1n) is 10.6. The number of hydrogen-bond acceptors (Lipinski definition) is 3. The van der Waals surface area contributed by atoms with Gasteiger partial charge >= 0.3 is 0 Å². The van der Waals surface area contributed by atoms with E-state index in [1.165, 1.54) is 12.1 Å². The topological polar surface area (TPSA) is 55.4 Å². The van der Waals surface area contributed by atoms with E-state index in [1.807, 2.05) is 37.3 Å². The molecule has 1 atom stereocenters. The van der Waals surface area contributed by atoms with Crippen LogP contribution in [0.5, 0.6) is 0 Å². The standard InChI is InChI=1S/C26H27F2NO3S/c1-19-8-11-24(12-9-19)33(30,31)29-16-22(18-32-17-21-6-4-3-5-7-21)14-20(2)25-13-10-23(27)15-26(25)28/h3-13,15,22,29H,2,14,16-18H2,1H3. The molecule has 0 aliphatic rings. The van der Waals surface area contributed by atoms with Crippen molar-refractivity contribution in [3.8, 4) is 0 Å². The zero-order valence-corrected chi connectivity index (χ0v) is 19.2. The van der Waals surface area contributed by atoms with E-state index in [0.717, 1.165) is 17.2 Å². The molecule has 0 saturated carbocycles. The van der Waals surface area contributed by atoms with Crippen LogP contribution in [0.4, 0.5) is 8.78 Å². The van der Waals surface area contributed by atoms with Crippen molar-refractivity contribution in [2.75, 3.05) is 13.2 Å². The van der Waals surface area contributed by atoms with Crippen LogP contribution in [0.1, 0.15) is 23.1 Å². The summed E-state index contributed by atoms with van der Waals surface area (Å²) in [6, 6.07) is 19.5. The molecule has 0 amide bonds. The molecule has 0 fully saturated rings. The maximum absolute atomic E-state index is 14.2. The summed E-state index contributed by atoms with van der Waals surface area (Å²) in [4.78, 5) is 0.167. The van der Waals surface area contributed by atoms with Gasteiger partial charge < -0.3 is 4.74 Å². The van der Waals surface area contributed by atoms with E-state index in [0.29, 0.717) is 12.2 Å². The number of hydrogen-bond donors (Lipinski definition) is 1. The monoisotopic (exact) mass is 471 g/mol. The van der Waals surface area contributed by atoms with E-state index in [1.54, 1.807) is 24.3 Å². The molecule has 33 heavy (non-hydrogen) atoms. The Labute approximate surface area is 194 Å². The number of aryl methyl sites for hydroxylation is 1. The van der Waals surface area contributed by atoms with Crippen LogP contribution in [0, 0.1) is 24.5 Å². The van der Waals surface area contributed by atoms with Gasteiger partial charge in [-0.3, -0.25) is 0 Å². The second-order valence-electron chi connectivity index (χ2n) is 7.96. The average Bonchev–Trinajstić information content (AvgIpc) is 2.78. The molecule has 0 spiro atoms. The van der Waals surface area contributed by atoms with Gasteiger partial charge in [-0.25, -0.2) is 21.9 Å². The lowest BCUT2D eigenvalue weighted by molar-refractivity contribution is 0.0896. The van der Waals surface area contributed by atoms with Crippen LogP contribution in [0.15, 0.2) is 84.3 Å². The number of benzene rings is 3. The fourth-order valence-corrected chi connectivity index (χ4v) is 4.49. The first-order valence-corrected chi connectivity index (χ1v) is 12.0. The Morgan fingerprint density at radius 2 is 1.73 bits per heavy atom. The summed E-state index contributed by atoms with van der Waals surface area (Å²) in [6.45, 7) is 6.48. The highest BCUT2D eigenvalue weighted by atomic mass is 32.2. The molecule has 4 nitrogen and oxygen atoms in total. The smallest absolute Gasteiger partial charge is 0.240 e. The van der Waals surface area contributed by atoms with Gasteiger partial charge in [0.25, 0.3) is 0 Å². The van der Waals surface area contributed by atoms with Gasteiger partial charge in [-0.15, -0.1) is 0 Å². The molecular weight excluding hydrogens is 444 g/mol. The van der Waals surface area contributed by atoms with Crippen molar-refractivity contribution >= 4 is 15.6 Å². The van der Waals surface area contributed by atoms with Crippen LogP contribution in [0.25, 0.3) is 5.57 Å². The molecule has 0 bridgehead atoms. The lowest BCUT2D eigenvalue weighted by Gasteiger charge is -2.20. The first kappa shape index (κ1) is 24.8. The predicted octanol–water partition coefficient (Wildman–Crippen LogP) is 5.49. The quantitative estimate of drug-likeness (QED) is 0.402. The minimum absolute atomic E-state index is 0.0762. The van der Waals surface area contributed by atoms with Crippen molar-refractivity contribution in [2.45, 2.75) is 24.8 Å². The summed E-state index contributed by atoms with van der Waals surface area (Å²) in [5.41, 5.74) is 2.58. The Morgan fingerprint density at radius 3 is 2.39 bits per heavy atom. The summed E-state index contributed by atoms with van der Waals surface area (Å²) >= 11 is 0. The van der Waals surface area contributed by atoms with Crippen LogP contribution in [-0.2, 0) is 21.4 Å². The molecule has 0 aliphatic heterocycles. The number of ether oxygens (including phenoxy) is 1. The largest absolute Gasteiger partial charge is 0.376 e. The Bertz CT molecular complexity index is 1180. The minimum Gasteiger partial charge on any atom is -0.376 e. The fraction of sp³-hybridized carbons (Fsp3) is 0.231. The van der Waals surface area contributed by atoms with Gasteiger partial charge in [0.15, 0.2) is 0 Å². The van der Waals surface area contributed by atoms with Crippen LogP contribution in [0.3, 0.4) is 0 Å². The van der Waals surface area contributed by atoms with E-state index in [9.17, 15) is 17.2 Å². The van der Waals surface area contributed by atoms with E-state index in [2.05, 4.69) is 11.3 Å². The molecule has 3 aromatic carbocycles. The number of allylic oxidation sites excluding steroid dienone is 1. The van der Waals surface area contributed by atoms with Crippen LogP contribution in [0.2, 0.25) is 0 Å². The molecule has 3 aromatic rings. The summed E-state index contributed by atoms with van der Waals surface area (Å²) in [7, 11) is -3.72. The molecular formula is C26H27F2NO3S. The molecule has 7 heteroatoms. The lowest BCUT2D eigenvalue weighted by atomic mass is 9.95. The molecule has 0 saturated heterocycles. The maximum Gasteiger partial charge on any atom is 0.240 e.